The maximum atomic E-state index is 5.98. The second-order valence-electron chi connectivity index (χ2n) is 2.88. The number of para-hydroxylation sites is 1. The number of anilines is 1. The lowest BCUT2D eigenvalue weighted by molar-refractivity contribution is 0.674. The van der Waals surface area contributed by atoms with Crippen molar-refractivity contribution in [1.82, 2.24) is 5.32 Å². The van der Waals surface area contributed by atoms with Crippen LogP contribution in [0.3, 0.4) is 0 Å². The molecule has 3 nitrogen and oxygen atoms in total. The van der Waals surface area contributed by atoms with E-state index in [2.05, 4.69) is 15.6 Å². The van der Waals surface area contributed by atoms with Crippen LogP contribution in [0.15, 0.2) is 23.2 Å². The summed E-state index contributed by atoms with van der Waals surface area (Å²) >= 11 is 12.0. The van der Waals surface area contributed by atoms with Gasteiger partial charge in [0.05, 0.1) is 15.7 Å². The van der Waals surface area contributed by atoms with Gasteiger partial charge in [-0.2, -0.15) is 0 Å². The number of aliphatic imine (C=N–C) groups is 1. The first-order valence-electron chi connectivity index (χ1n) is 4.23. The molecule has 6 heteroatoms. The Balaban J connectivity index is 0.00000112. The van der Waals surface area contributed by atoms with Crippen molar-refractivity contribution in [3.63, 3.8) is 0 Å². The number of rotatable bonds is 2. The van der Waals surface area contributed by atoms with Crippen molar-refractivity contribution in [2.24, 2.45) is 4.99 Å². The Morgan fingerprint density at radius 1 is 1.33 bits per heavy atom. The third-order valence-electron chi connectivity index (χ3n) is 1.90. The first kappa shape index (κ1) is 12.6. The lowest BCUT2D eigenvalue weighted by Crippen LogP contribution is -2.30. The number of hydrogen-bond acceptors (Lipinski definition) is 3. The van der Waals surface area contributed by atoms with Gasteiger partial charge in [0, 0.05) is 12.8 Å². The lowest BCUT2D eigenvalue weighted by Gasteiger charge is -2.14. The zero-order valence-electron chi connectivity index (χ0n) is 7.71. The molecule has 1 atom stereocenters. The molecular weight excluding hydrogens is 256 g/mol. The van der Waals surface area contributed by atoms with Crippen LogP contribution in [0.5, 0.6) is 0 Å². The molecule has 1 unspecified atom stereocenters. The minimum absolute atomic E-state index is 0. The third kappa shape index (κ3) is 2.98. The van der Waals surface area contributed by atoms with Crippen LogP contribution >= 0.6 is 35.6 Å². The molecule has 1 aliphatic heterocycles. The molecule has 0 fully saturated rings. The molecule has 15 heavy (non-hydrogen) atoms. The summed E-state index contributed by atoms with van der Waals surface area (Å²) in [6.07, 6.45) is 1.68. The normalized spacial score (nSPS) is 18.7. The van der Waals surface area contributed by atoms with Crippen molar-refractivity contribution in [3.05, 3.63) is 28.2 Å². The Morgan fingerprint density at radius 2 is 2.00 bits per heavy atom. The van der Waals surface area contributed by atoms with Gasteiger partial charge in [0.25, 0.3) is 0 Å². The number of halogens is 3. The first-order chi connectivity index (χ1) is 6.77. The quantitative estimate of drug-likeness (QED) is 0.863. The van der Waals surface area contributed by atoms with Crippen LogP contribution in [0, 0.1) is 0 Å². The van der Waals surface area contributed by atoms with E-state index in [0.717, 1.165) is 6.54 Å². The Kier molecular flexibility index (Phi) is 4.67. The molecule has 0 spiro atoms. The summed E-state index contributed by atoms with van der Waals surface area (Å²) in [5, 5.41) is 7.41. The van der Waals surface area contributed by atoms with E-state index in [-0.39, 0.29) is 18.7 Å². The molecular formula is C9H10Cl3N3. The van der Waals surface area contributed by atoms with Crippen LogP contribution in [0.2, 0.25) is 10.0 Å². The molecule has 1 aromatic carbocycles. The molecule has 82 valence electrons. The predicted octanol–water partition coefficient (Wildman–Crippen LogP) is 2.78. The van der Waals surface area contributed by atoms with Gasteiger partial charge < -0.3 is 5.32 Å². The van der Waals surface area contributed by atoms with Gasteiger partial charge in [-0.15, -0.1) is 12.4 Å². The van der Waals surface area contributed by atoms with Crippen LogP contribution < -0.4 is 10.6 Å². The zero-order chi connectivity index (χ0) is 9.97. The Morgan fingerprint density at radius 3 is 2.53 bits per heavy atom. The van der Waals surface area contributed by atoms with E-state index < -0.39 is 0 Å². The van der Waals surface area contributed by atoms with Crippen LogP contribution in [0.4, 0.5) is 5.69 Å². The molecule has 2 N–H and O–H groups in total. The standard InChI is InChI=1S/C9H9Cl2N3.ClH/c10-6-2-1-3-7(11)8(6)14-9-12-4-5-13-9;/h1-4,9,13-14H,5H2;1H. The Labute approximate surface area is 104 Å². The molecule has 0 aliphatic carbocycles. The fourth-order valence-corrected chi connectivity index (χ4v) is 1.74. The molecule has 1 aliphatic rings. The summed E-state index contributed by atoms with van der Waals surface area (Å²) in [5.41, 5.74) is 0.715. The number of hydrogen-bond donors (Lipinski definition) is 2. The molecule has 0 aromatic heterocycles. The Bertz CT molecular complexity index is 347. The van der Waals surface area contributed by atoms with Crippen molar-refractivity contribution in [2.75, 3.05) is 11.9 Å². The maximum absolute atomic E-state index is 5.98. The van der Waals surface area contributed by atoms with Crippen molar-refractivity contribution in [2.45, 2.75) is 6.29 Å². The monoisotopic (exact) mass is 265 g/mol. The summed E-state index contributed by atoms with van der Waals surface area (Å²) in [5.74, 6) is 0. The average Bonchev–Trinajstić information content (AvgIpc) is 2.64. The molecule has 0 amide bonds. The summed E-state index contributed by atoms with van der Waals surface area (Å²) < 4.78 is 0. The van der Waals surface area contributed by atoms with E-state index >= 15 is 0 Å². The van der Waals surface area contributed by atoms with Crippen molar-refractivity contribution in [1.29, 1.82) is 0 Å². The van der Waals surface area contributed by atoms with Gasteiger partial charge in [-0.25, -0.2) is 0 Å². The highest BCUT2D eigenvalue weighted by molar-refractivity contribution is 6.39. The molecule has 0 saturated carbocycles. The summed E-state index contributed by atoms with van der Waals surface area (Å²) in [6.45, 7) is 0.764. The Hall–Kier alpha value is -0.480. The zero-order valence-corrected chi connectivity index (χ0v) is 10.0. The van der Waals surface area contributed by atoms with Gasteiger partial charge in [0.1, 0.15) is 0 Å². The second kappa shape index (κ2) is 5.56. The smallest absolute Gasteiger partial charge is 0.173 e. The highest BCUT2D eigenvalue weighted by Crippen LogP contribution is 2.30. The highest BCUT2D eigenvalue weighted by Gasteiger charge is 2.12. The molecule has 0 radical (unpaired) electrons. The maximum Gasteiger partial charge on any atom is 0.173 e. The van der Waals surface area contributed by atoms with Gasteiger partial charge in [-0.3, -0.25) is 10.3 Å². The van der Waals surface area contributed by atoms with Crippen LogP contribution in [-0.2, 0) is 0 Å². The molecule has 2 rings (SSSR count). The molecule has 0 bridgehead atoms. The van der Waals surface area contributed by atoms with Crippen LogP contribution in [-0.4, -0.2) is 19.0 Å². The van der Waals surface area contributed by atoms with E-state index in [0.29, 0.717) is 15.7 Å². The molecule has 1 aromatic rings. The van der Waals surface area contributed by atoms with E-state index in [1.54, 1.807) is 18.2 Å². The van der Waals surface area contributed by atoms with Gasteiger partial charge >= 0.3 is 0 Å². The summed E-state index contributed by atoms with van der Waals surface area (Å²) in [7, 11) is 0. The van der Waals surface area contributed by atoms with E-state index in [1.165, 1.54) is 0 Å². The van der Waals surface area contributed by atoms with E-state index in [1.807, 2.05) is 6.21 Å². The first-order valence-corrected chi connectivity index (χ1v) is 4.98. The second-order valence-corrected chi connectivity index (χ2v) is 3.70. The fourth-order valence-electron chi connectivity index (χ4n) is 1.24. The topological polar surface area (TPSA) is 36.4 Å². The summed E-state index contributed by atoms with van der Waals surface area (Å²) in [4.78, 5) is 4.15. The highest BCUT2D eigenvalue weighted by atomic mass is 35.5. The van der Waals surface area contributed by atoms with Crippen molar-refractivity contribution in [3.8, 4) is 0 Å². The summed E-state index contributed by atoms with van der Waals surface area (Å²) in [6, 6.07) is 5.38. The van der Waals surface area contributed by atoms with Gasteiger partial charge in [0.15, 0.2) is 6.29 Å². The SMILES string of the molecule is Cl.Clc1cccc(Cl)c1NC1N=CCN1. The van der Waals surface area contributed by atoms with Gasteiger partial charge in [0.2, 0.25) is 0 Å². The van der Waals surface area contributed by atoms with Crippen LogP contribution in [0.1, 0.15) is 0 Å². The van der Waals surface area contributed by atoms with E-state index in [4.69, 9.17) is 23.2 Å². The number of nitrogens with zero attached hydrogens (tertiary/aromatic N) is 1. The van der Waals surface area contributed by atoms with Gasteiger partial charge in [-0.05, 0) is 12.1 Å². The van der Waals surface area contributed by atoms with E-state index in [9.17, 15) is 0 Å². The minimum atomic E-state index is -0.132. The molecule has 1 heterocycles. The van der Waals surface area contributed by atoms with Crippen LogP contribution in [0.25, 0.3) is 0 Å². The molecule has 0 saturated heterocycles. The largest absolute Gasteiger partial charge is 0.349 e. The number of benzene rings is 1. The average molecular weight is 267 g/mol. The minimum Gasteiger partial charge on any atom is -0.349 e. The van der Waals surface area contributed by atoms with Gasteiger partial charge in [-0.1, -0.05) is 29.3 Å². The lowest BCUT2D eigenvalue weighted by atomic mass is 10.3. The van der Waals surface area contributed by atoms with Crippen molar-refractivity contribution >= 4 is 47.5 Å². The van der Waals surface area contributed by atoms with Crippen molar-refractivity contribution < 1.29 is 0 Å². The predicted molar refractivity (Wildman–Crippen MR) is 67.6 cm³/mol. The fraction of sp³-hybridized carbons (Fsp3) is 0.222. The third-order valence-corrected chi connectivity index (χ3v) is 2.53. The number of nitrogens with one attached hydrogen (secondary N) is 2.